The molecule has 4 nitrogen and oxygen atoms in total. The molecular weight excluding hydrogens is 270 g/mol. The molecule has 90 valence electrons. The summed E-state index contributed by atoms with van der Waals surface area (Å²) in [4.78, 5) is 17.0. The molecule has 0 aliphatic carbocycles. The number of hydrogen-bond donors (Lipinski definition) is 0. The summed E-state index contributed by atoms with van der Waals surface area (Å²) in [5.74, 6) is 0. The number of para-hydroxylation sites is 1. The lowest BCUT2D eigenvalue weighted by Gasteiger charge is -2.16. The molecule has 0 saturated carbocycles. The van der Waals surface area contributed by atoms with Gasteiger partial charge >= 0.3 is 0 Å². The first-order valence-electron chi connectivity index (χ1n) is 5.01. The van der Waals surface area contributed by atoms with Gasteiger partial charge in [0.1, 0.15) is 10.9 Å². The van der Waals surface area contributed by atoms with Crippen molar-refractivity contribution in [1.29, 1.82) is 5.26 Å². The second kappa shape index (κ2) is 5.17. The fourth-order valence-corrected chi connectivity index (χ4v) is 2.52. The standard InChI is InChI=1S/C12H8ClN3OS/c1-16(9-5-3-2-4-8(9)6-14)12-15-11(13)10(7-17)18-12/h2-5,7H,1H3. The number of rotatable bonds is 3. The predicted molar refractivity (Wildman–Crippen MR) is 71.7 cm³/mol. The van der Waals surface area contributed by atoms with Gasteiger partial charge in [-0.1, -0.05) is 35.1 Å². The Hall–Kier alpha value is -1.90. The lowest BCUT2D eigenvalue weighted by atomic mass is 10.2. The highest BCUT2D eigenvalue weighted by Crippen LogP contribution is 2.33. The molecule has 0 radical (unpaired) electrons. The highest BCUT2D eigenvalue weighted by molar-refractivity contribution is 7.17. The Morgan fingerprint density at radius 2 is 2.22 bits per heavy atom. The van der Waals surface area contributed by atoms with Crippen molar-refractivity contribution in [2.24, 2.45) is 0 Å². The van der Waals surface area contributed by atoms with Gasteiger partial charge in [-0.05, 0) is 12.1 Å². The lowest BCUT2D eigenvalue weighted by molar-refractivity contribution is 0.112. The van der Waals surface area contributed by atoms with E-state index in [9.17, 15) is 4.79 Å². The molecule has 0 saturated heterocycles. The Labute approximate surface area is 113 Å². The van der Waals surface area contributed by atoms with Crippen LogP contribution in [0.3, 0.4) is 0 Å². The third kappa shape index (κ3) is 2.21. The van der Waals surface area contributed by atoms with E-state index in [1.807, 2.05) is 12.1 Å². The average Bonchev–Trinajstić information content (AvgIpc) is 2.79. The maximum Gasteiger partial charge on any atom is 0.191 e. The minimum atomic E-state index is 0.186. The van der Waals surface area contributed by atoms with E-state index in [1.54, 1.807) is 24.1 Å². The van der Waals surface area contributed by atoms with Crippen molar-refractivity contribution < 1.29 is 4.79 Å². The number of nitrogens with zero attached hydrogens (tertiary/aromatic N) is 3. The summed E-state index contributed by atoms with van der Waals surface area (Å²) in [5, 5.41) is 9.80. The van der Waals surface area contributed by atoms with Crippen LogP contribution in [-0.4, -0.2) is 18.3 Å². The highest BCUT2D eigenvalue weighted by Gasteiger charge is 2.15. The predicted octanol–water partition coefficient (Wildman–Crippen LogP) is 3.25. The summed E-state index contributed by atoms with van der Waals surface area (Å²) in [6.45, 7) is 0. The normalized spacial score (nSPS) is 9.83. The second-order valence-corrected chi connectivity index (χ2v) is 4.82. The van der Waals surface area contributed by atoms with Crippen LogP contribution in [0.1, 0.15) is 15.2 Å². The third-order valence-electron chi connectivity index (χ3n) is 2.38. The van der Waals surface area contributed by atoms with Gasteiger partial charge in [-0.25, -0.2) is 4.98 Å². The zero-order valence-corrected chi connectivity index (χ0v) is 11.0. The molecule has 0 spiro atoms. The molecule has 0 fully saturated rings. The molecule has 0 amide bonds. The van der Waals surface area contributed by atoms with Crippen LogP contribution in [-0.2, 0) is 0 Å². The molecule has 0 atom stereocenters. The zero-order chi connectivity index (χ0) is 13.1. The largest absolute Gasteiger partial charge is 0.320 e. The second-order valence-electron chi connectivity index (χ2n) is 3.46. The fourth-order valence-electron chi connectivity index (χ4n) is 1.48. The van der Waals surface area contributed by atoms with Crippen LogP contribution in [0, 0.1) is 11.3 Å². The number of benzene rings is 1. The van der Waals surface area contributed by atoms with E-state index in [-0.39, 0.29) is 5.15 Å². The SMILES string of the molecule is CN(c1nc(Cl)c(C=O)s1)c1ccccc1C#N. The molecule has 1 aromatic heterocycles. The number of aldehydes is 1. The van der Waals surface area contributed by atoms with Gasteiger partial charge in [0, 0.05) is 7.05 Å². The molecule has 18 heavy (non-hydrogen) atoms. The Kier molecular flexibility index (Phi) is 3.60. The van der Waals surface area contributed by atoms with E-state index in [2.05, 4.69) is 11.1 Å². The van der Waals surface area contributed by atoms with Gasteiger partial charge in [0.25, 0.3) is 0 Å². The van der Waals surface area contributed by atoms with Gasteiger partial charge in [0.05, 0.1) is 11.3 Å². The lowest BCUT2D eigenvalue weighted by Crippen LogP contribution is -2.10. The summed E-state index contributed by atoms with van der Waals surface area (Å²) < 4.78 is 0. The maximum atomic E-state index is 10.7. The minimum Gasteiger partial charge on any atom is -0.320 e. The van der Waals surface area contributed by atoms with Crippen molar-refractivity contribution in [3.05, 3.63) is 39.9 Å². The first-order chi connectivity index (χ1) is 8.67. The van der Waals surface area contributed by atoms with E-state index in [0.29, 0.717) is 21.9 Å². The zero-order valence-electron chi connectivity index (χ0n) is 9.42. The van der Waals surface area contributed by atoms with E-state index < -0.39 is 0 Å². The van der Waals surface area contributed by atoms with Crippen LogP contribution in [0.25, 0.3) is 0 Å². The van der Waals surface area contributed by atoms with Crippen LogP contribution in [0.5, 0.6) is 0 Å². The Morgan fingerprint density at radius 1 is 1.50 bits per heavy atom. The van der Waals surface area contributed by atoms with Gasteiger partial charge in [-0.3, -0.25) is 4.79 Å². The molecule has 0 N–H and O–H groups in total. The number of carbonyl (C=O) groups is 1. The monoisotopic (exact) mass is 277 g/mol. The summed E-state index contributed by atoms with van der Waals surface area (Å²) in [7, 11) is 1.78. The first-order valence-corrected chi connectivity index (χ1v) is 6.21. The summed E-state index contributed by atoms with van der Waals surface area (Å²) in [5.41, 5.74) is 1.27. The van der Waals surface area contributed by atoms with Gasteiger partial charge < -0.3 is 4.90 Å². The number of aromatic nitrogens is 1. The average molecular weight is 278 g/mol. The smallest absolute Gasteiger partial charge is 0.191 e. The topological polar surface area (TPSA) is 57.0 Å². The Balaban J connectivity index is 2.44. The van der Waals surface area contributed by atoms with Crippen molar-refractivity contribution in [2.45, 2.75) is 0 Å². The fraction of sp³-hybridized carbons (Fsp3) is 0.0833. The van der Waals surface area contributed by atoms with Crippen LogP contribution in [0.15, 0.2) is 24.3 Å². The number of hydrogen-bond acceptors (Lipinski definition) is 5. The molecule has 0 bridgehead atoms. The van der Waals surface area contributed by atoms with Crippen LogP contribution >= 0.6 is 22.9 Å². The number of thiazole rings is 1. The van der Waals surface area contributed by atoms with Crippen molar-refractivity contribution in [3.8, 4) is 6.07 Å². The summed E-state index contributed by atoms with van der Waals surface area (Å²) in [6.07, 6.45) is 0.674. The number of anilines is 2. The van der Waals surface area contributed by atoms with Gasteiger partial charge in [0.2, 0.25) is 0 Å². The quantitative estimate of drug-likeness (QED) is 0.808. The number of halogens is 1. The number of carbonyl (C=O) groups excluding carboxylic acids is 1. The van der Waals surface area contributed by atoms with E-state index in [1.165, 1.54) is 11.3 Å². The first kappa shape index (κ1) is 12.6. The van der Waals surface area contributed by atoms with Gasteiger partial charge in [-0.15, -0.1) is 0 Å². The molecule has 0 unspecified atom stereocenters. The van der Waals surface area contributed by atoms with Crippen LogP contribution in [0.4, 0.5) is 10.8 Å². The molecule has 1 aromatic carbocycles. The van der Waals surface area contributed by atoms with Crippen LogP contribution < -0.4 is 4.90 Å². The molecule has 0 aliphatic rings. The van der Waals surface area contributed by atoms with Gasteiger partial charge in [0.15, 0.2) is 16.6 Å². The van der Waals surface area contributed by atoms with Crippen molar-refractivity contribution in [1.82, 2.24) is 4.98 Å². The van der Waals surface area contributed by atoms with E-state index in [4.69, 9.17) is 16.9 Å². The molecule has 1 heterocycles. The van der Waals surface area contributed by atoms with Gasteiger partial charge in [-0.2, -0.15) is 5.26 Å². The third-order valence-corrected chi connectivity index (χ3v) is 3.84. The maximum absolute atomic E-state index is 10.7. The molecule has 0 aliphatic heterocycles. The van der Waals surface area contributed by atoms with E-state index >= 15 is 0 Å². The van der Waals surface area contributed by atoms with Crippen molar-refractivity contribution >= 4 is 40.0 Å². The Morgan fingerprint density at radius 3 is 2.83 bits per heavy atom. The minimum absolute atomic E-state index is 0.186. The summed E-state index contributed by atoms with van der Waals surface area (Å²) >= 11 is 7.01. The van der Waals surface area contributed by atoms with Crippen molar-refractivity contribution in [2.75, 3.05) is 11.9 Å². The van der Waals surface area contributed by atoms with Crippen LogP contribution in [0.2, 0.25) is 5.15 Å². The molecule has 2 aromatic rings. The Bertz CT molecular complexity index is 632. The molecule has 2 rings (SSSR count). The van der Waals surface area contributed by atoms with E-state index in [0.717, 1.165) is 5.69 Å². The molecular formula is C12H8ClN3OS. The summed E-state index contributed by atoms with van der Waals surface area (Å²) in [6, 6.07) is 9.28. The highest BCUT2D eigenvalue weighted by atomic mass is 35.5. The van der Waals surface area contributed by atoms with Crippen molar-refractivity contribution in [3.63, 3.8) is 0 Å². The molecule has 6 heteroatoms. The number of nitriles is 1.